The Morgan fingerprint density at radius 3 is 2.74 bits per heavy atom. The smallest absolute Gasteiger partial charge is 0.119 e. The molecule has 2 rings (SSSR count). The molecule has 0 radical (unpaired) electrons. The predicted octanol–water partition coefficient (Wildman–Crippen LogP) is 3.73. The molecule has 5 heteroatoms. The van der Waals surface area contributed by atoms with Gasteiger partial charge in [0, 0.05) is 18.8 Å². The van der Waals surface area contributed by atoms with E-state index in [9.17, 15) is 0 Å². The van der Waals surface area contributed by atoms with Gasteiger partial charge in [0.15, 0.2) is 0 Å². The van der Waals surface area contributed by atoms with Crippen LogP contribution in [0.2, 0.25) is 0 Å². The number of hydrogen-bond donors (Lipinski definition) is 1. The fourth-order valence-corrected chi connectivity index (χ4v) is 3.13. The summed E-state index contributed by atoms with van der Waals surface area (Å²) >= 11 is 5.19. The Labute approximate surface area is 126 Å². The number of anilines is 1. The van der Waals surface area contributed by atoms with Crippen molar-refractivity contribution >= 4 is 33.0 Å². The molecule has 3 nitrogen and oxygen atoms in total. The van der Waals surface area contributed by atoms with E-state index in [0.717, 1.165) is 33.9 Å². The molecule has 0 aliphatic heterocycles. The van der Waals surface area contributed by atoms with Gasteiger partial charge in [-0.15, -0.1) is 11.3 Å². The first-order valence-electron chi connectivity index (χ1n) is 5.92. The van der Waals surface area contributed by atoms with E-state index in [2.05, 4.69) is 39.3 Å². The number of halogens is 1. The normalized spacial score (nSPS) is 10.9. The number of nitrogens with zero attached hydrogens (tertiary/aromatic N) is 1. The molecule has 0 saturated heterocycles. The standard InChI is InChI=1S/C14H17BrN2OS/c1-17(7-10-5-14(15)19-9-10)8-11-6-12(18-2)3-4-13(11)16/h3-6,9H,7-8,16H2,1-2H3. The number of nitrogens with two attached hydrogens (primary N) is 1. The molecule has 0 aliphatic carbocycles. The van der Waals surface area contributed by atoms with Crippen molar-refractivity contribution in [3.63, 3.8) is 0 Å². The molecule has 0 aliphatic rings. The van der Waals surface area contributed by atoms with Gasteiger partial charge in [0.1, 0.15) is 5.75 Å². The highest BCUT2D eigenvalue weighted by atomic mass is 79.9. The SMILES string of the molecule is COc1ccc(N)c(CN(C)Cc2csc(Br)c2)c1. The Hall–Kier alpha value is -1.04. The molecule has 0 atom stereocenters. The average molecular weight is 341 g/mol. The van der Waals surface area contributed by atoms with Crippen molar-refractivity contribution in [2.45, 2.75) is 13.1 Å². The molecular weight excluding hydrogens is 324 g/mol. The maximum Gasteiger partial charge on any atom is 0.119 e. The number of thiophene rings is 1. The van der Waals surface area contributed by atoms with Crippen LogP contribution in [0.4, 0.5) is 5.69 Å². The first-order chi connectivity index (χ1) is 9.08. The lowest BCUT2D eigenvalue weighted by atomic mass is 10.1. The molecule has 102 valence electrons. The molecule has 0 unspecified atom stereocenters. The summed E-state index contributed by atoms with van der Waals surface area (Å²) in [5.74, 6) is 0.843. The van der Waals surface area contributed by atoms with E-state index in [0.29, 0.717) is 0 Å². The van der Waals surface area contributed by atoms with E-state index >= 15 is 0 Å². The summed E-state index contributed by atoms with van der Waals surface area (Å²) in [7, 11) is 3.76. The van der Waals surface area contributed by atoms with Crippen LogP contribution in [0.15, 0.2) is 33.4 Å². The Morgan fingerprint density at radius 2 is 2.11 bits per heavy atom. The summed E-state index contributed by atoms with van der Waals surface area (Å²) in [5, 5.41) is 2.16. The number of rotatable bonds is 5. The summed E-state index contributed by atoms with van der Waals surface area (Å²) in [4.78, 5) is 2.24. The van der Waals surface area contributed by atoms with Crippen LogP contribution in [0, 0.1) is 0 Å². The van der Waals surface area contributed by atoms with Gasteiger partial charge < -0.3 is 10.5 Å². The molecule has 1 heterocycles. The van der Waals surface area contributed by atoms with Gasteiger partial charge in [-0.3, -0.25) is 4.90 Å². The molecule has 0 saturated carbocycles. The second-order valence-corrected chi connectivity index (χ2v) is 6.79. The van der Waals surface area contributed by atoms with Crippen LogP contribution in [0.25, 0.3) is 0 Å². The fourth-order valence-electron chi connectivity index (χ4n) is 1.93. The molecule has 0 bridgehead atoms. The van der Waals surface area contributed by atoms with Crippen LogP contribution in [0.1, 0.15) is 11.1 Å². The van der Waals surface area contributed by atoms with Gasteiger partial charge in [0.05, 0.1) is 10.9 Å². The van der Waals surface area contributed by atoms with E-state index in [-0.39, 0.29) is 0 Å². The van der Waals surface area contributed by atoms with Gasteiger partial charge in [-0.25, -0.2) is 0 Å². The summed E-state index contributed by atoms with van der Waals surface area (Å²) < 4.78 is 6.40. The lowest BCUT2D eigenvalue weighted by Gasteiger charge is -2.17. The van der Waals surface area contributed by atoms with Crippen LogP contribution >= 0.6 is 27.3 Å². The van der Waals surface area contributed by atoms with Gasteiger partial charge in [-0.2, -0.15) is 0 Å². The summed E-state index contributed by atoms with van der Waals surface area (Å²) in [6.45, 7) is 1.70. The lowest BCUT2D eigenvalue weighted by molar-refractivity contribution is 0.319. The van der Waals surface area contributed by atoms with Gasteiger partial charge in [0.25, 0.3) is 0 Å². The van der Waals surface area contributed by atoms with Crippen molar-refractivity contribution < 1.29 is 4.74 Å². The van der Waals surface area contributed by atoms with E-state index in [1.807, 2.05) is 18.2 Å². The molecule has 0 amide bonds. The van der Waals surface area contributed by atoms with Gasteiger partial charge in [0.2, 0.25) is 0 Å². The summed E-state index contributed by atoms with van der Waals surface area (Å²) in [5.41, 5.74) is 9.21. The molecule has 1 aromatic carbocycles. The third-order valence-electron chi connectivity index (χ3n) is 2.86. The van der Waals surface area contributed by atoms with Crippen molar-refractivity contribution in [3.8, 4) is 5.75 Å². The maximum absolute atomic E-state index is 6.00. The number of benzene rings is 1. The van der Waals surface area contributed by atoms with Crippen molar-refractivity contribution in [3.05, 3.63) is 44.6 Å². The average Bonchev–Trinajstić information content (AvgIpc) is 2.77. The quantitative estimate of drug-likeness (QED) is 0.842. The van der Waals surface area contributed by atoms with Crippen LogP contribution in [0.3, 0.4) is 0 Å². The highest BCUT2D eigenvalue weighted by Crippen LogP contribution is 2.24. The first-order valence-corrected chi connectivity index (χ1v) is 7.59. The van der Waals surface area contributed by atoms with Crippen LogP contribution in [-0.2, 0) is 13.1 Å². The monoisotopic (exact) mass is 340 g/mol. The van der Waals surface area contributed by atoms with Crippen molar-refractivity contribution in [2.24, 2.45) is 0 Å². The van der Waals surface area contributed by atoms with E-state index in [1.54, 1.807) is 18.4 Å². The third-order valence-corrected chi connectivity index (χ3v) is 4.42. The molecule has 19 heavy (non-hydrogen) atoms. The minimum Gasteiger partial charge on any atom is -0.497 e. The van der Waals surface area contributed by atoms with E-state index < -0.39 is 0 Å². The second-order valence-electron chi connectivity index (χ2n) is 4.50. The van der Waals surface area contributed by atoms with E-state index in [1.165, 1.54) is 5.56 Å². The molecular formula is C14H17BrN2OS. The van der Waals surface area contributed by atoms with Crippen LogP contribution in [0.5, 0.6) is 5.75 Å². The Balaban J connectivity index is 2.03. The Kier molecular flexibility index (Phi) is 4.85. The maximum atomic E-state index is 6.00. The number of methoxy groups -OCH3 is 1. The zero-order valence-corrected chi connectivity index (χ0v) is 13.4. The van der Waals surface area contributed by atoms with Crippen molar-refractivity contribution in [1.29, 1.82) is 0 Å². The first kappa shape index (κ1) is 14.4. The molecule has 2 N–H and O–H groups in total. The van der Waals surface area contributed by atoms with E-state index in [4.69, 9.17) is 10.5 Å². The lowest BCUT2D eigenvalue weighted by Crippen LogP contribution is -2.17. The molecule has 0 spiro atoms. The van der Waals surface area contributed by atoms with Gasteiger partial charge >= 0.3 is 0 Å². The highest BCUT2D eigenvalue weighted by molar-refractivity contribution is 9.11. The zero-order valence-electron chi connectivity index (χ0n) is 11.0. The highest BCUT2D eigenvalue weighted by Gasteiger charge is 2.07. The molecule has 2 aromatic rings. The Bertz CT molecular complexity index is 556. The minimum absolute atomic E-state index is 0.802. The van der Waals surface area contributed by atoms with Gasteiger partial charge in [-0.1, -0.05) is 0 Å². The fraction of sp³-hybridized carbons (Fsp3) is 0.286. The minimum atomic E-state index is 0.802. The van der Waals surface area contributed by atoms with Crippen molar-refractivity contribution in [2.75, 3.05) is 19.9 Å². The predicted molar refractivity (Wildman–Crippen MR) is 84.6 cm³/mol. The largest absolute Gasteiger partial charge is 0.497 e. The Morgan fingerprint density at radius 1 is 1.32 bits per heavy atom. The van der Waals surface area contributed by atoms with Gasteiger partial charge in [-0.05, 0) is 63.8 Å². The third kappa shape index (κ3) is 3.96. The summed E-state index contributed by atoms with van der Waals surface area (Å²) in [6, 6.07) is 7.92. The van der Waals surface area contributed by atoms with Crippen LogP contribution in [-0.4, -0.2) is 19.1 Å². The zero-order chi connectivity index (χ0) is 13.8. The second kappa shape index (κ2) is 6.41. The number of hydrogen-bond acceptors (Lipinski definition) is 4. The molecule has 1 aromatic heterocycles. The number of ether oxygens (including phenoxy) is 1. The number of nitrogen functional groups attached to an aromatic ring is 1. The topological polar surface area (TPSA) is 38.5 Å². The van der Waals surface area contributed by atoms with Crippen LogP contribution < -0.4 is 10.5 Å². The summed E-state index contributed by atoms with van der Waals surface area (Å²) in [6.07, 6.45) is 0. The molecule has 0 fully saturated rings. The van der Waals surface area contributed by atoms with Crippen molar-refractivity contribution in [1.82, 2.24) is 4.90 Å².